The minimum atomic E-state index is -0.805. The van der Waals surface area contributed by atoms with Crippen LogP contribution in [0.3, 0.4) is 0 Å². The van der Waals surface area contributed by atoms with Gasteiger partial charge < -0.3 is 16.2 Å². The molecule has 0 aliphatic rings. The average molecular weight is 339 g/mol. The maximum absolute atomic E-state index is 12.1. The molecule has 1 amide bonds. The zero-order chi connectivity index (χ0) is 18.2. The van der Waals surface area contributed by atoms with Crippen LogP contribution in [0.25, 0.3) is 0 Å². The number of carboxylic acid groups (broad SMARTS) is 1. The Bertz CT molecular complexity index is 770. The molecule has 0 saturated carbocycles. The number of carboxylic acids is 1. The molecule has 2 aromatic rings. The molecule has 0 fully saturated rings. The van der Waals surface area contributed by atoms with Crippen LogP contribution >= 0.6 is 0 Å². The molecule has 130 valence electrons. The van der Waals surface area contributed by atoms with Gasteiger partial charge >= 0.3 is 5.97 Å². The highest BCUT2D eigenvalue weighted by molar-refractivity contribution is 6.00. The topological polar surface area (TPSA) is 116 Å². The maximum Gasteiger partial charge on any atom is 0.303 e. The molecular weight excluding hydrogens is 318 g/mol. The van der Waals surface area contributed by atoms with Crippen molar-refractivity contribution < 1.29 is 14.7 Å². The second-order valence-electron chi connectivity index (χ2n) is 5.71. The van der Waals surface area contributed by atoms with E-state index in [0.29, 0.717) is 30.5 Å². The molecule has 0 aromatic heterocycles. The lowest BCUT2D eigenvalue weighted by Gasteiger charge is -2.07. The first-order chi connectivity index (χ1) is 12.0. The highest BCUT2D eigenvalue weighted by Gasteiger charge is 2.07. The van der Waals surface area contributed by atoms with Crippen molar-refractivity contribution in [3.05, 3.63) is 70.8 Å². The number of nitrogens with one attached hydrogen (secondary N) is 2. The number of carbonyl (C=O) groups is 2. The van der Waals surface area contributed by atoms with E-state index in [4.69, 9.17) is 16.2 Å². The van der Waals surface area contributed by atoms with Gasteiger partial charge in [0.2, 0.25) is 0 Å². The van der Waals surface area contributed by atoms with Gasteiger partial charge in [-0.05, 0) is 36.1 Å². The predicted molar refractivity (Wildman–Crippen MR) is 95.9 cm³/mol. The summed E-state index contributed by atoms with van der Waals surface area (Å²) in [6.45, 7) is 0.484. The van der Waals surface area contributed by atoms with Crippen LogP contribution in [-0.2, 0) is 17.6 Å². The van der Waals surface area contributed by atoms with Crippen LogP contribution < -0.4 is 11.1 Å². The third-order valence-electron chi connectivity index (χ3n) is 3.79. The molecule has 0 radical (unpaired) electrons. The van der Waals surface area contributed by atoms with Crippen molar-refractivity contribution in [2.45, 2.75) is 19.3 Å². The summed E-state index contributed by atoms with van der Waals surface area (Å²) in [6.07, 6.45) is 1.31. The number of amidine groups is 1. The summed E-state index contributed by atoms with van der Waals surface area (Å²) >= 11 is 0. The molecule has 2 rings (SSSR count). The number of hydrogen-bond donors (Lipinski definition) is 4. The number of nitrogens with two attached hydrogens (primary N) is 1. The molecule has 6 heteroatoms. The van der Waals surface area contributed by atoms with Gasteiger partial charge in [0.25, 0.3) is 5.91 Å². The Morgan fingerprint density at radius 1 is 1.00 bits per heavy atom. The fourth-order valence-electron chi connectivity index (χ4n) is 2.37. The van der Waals surface area contributed by atoms with Crippen LogP contribution in [0, 0.1) is 5.41 Å². The van der Waals surface area contributed by atoms with Gasteiger partial charge in [-0.15, -0.1) is 0 Å². The lowest BCUT2D eigenvalue weighted by atomic mass is 10.1. The molecule has 0 aliphatic carbocycles. The summed E-state index contributed by atoms with van der Waals surface area (Å²) < 4.78 is 0. The van der Waals surface area contributed by atoms with Crippen LogP contribution in [0.15, 0.2) is 48.5 Å². The summed E-state index contributed by atoms with van der Waals surface area (Å²) in [5.41, 5.74) is 8.46. The van der Waals surface area contributed by atoms with Crippen LogP contribution in [0.1, 0.15) is 33.5 Å². The Hall–Kier alpha value is -3.15. The summed E-state index contributed by atoms with van der Waals surface area (Å²) in [5.74, 6) is -1.08. The van der Waals surface area contributed by atoms with Gasteiger partial charge in [-0.2, -0.15) is 0 Å². The number of carbonyl (C=O) groups excluding carboxylic acids is 1. The normalized spacial score (nSPS) is 10.2. The standard InChI is InChI=1S/C19H21N3O3/c20-18(21)15-2-1-3-16(12-15)19(25)22-11-10-14-6-4-13(5-7-14)8-9-17(23)24/h1-7,12H,8-11H2,(H3,20,21)(H,22,25)(H,23,24). The number of aliphatic carboxylic acids is 1. The highest BCUT2D eigenvalue weighted by atomic mass is 16.4. The van der Waals surface area contributed by atoms with E-state index in [9.17, 15) is 9.59 Å². The summed E-state index contributed by atoms with van der Waals surface area (Å²) in [4.78, 5) is 22.7. The minimum Gasteiger partial charge on any atom is -0.481 e. The zero-order valence-electron chi connectivity index (χ0n) is 13.8. The van der Waals surface area contributed by atoms with E-state index >= 15 is 0 Å². The first kappa shape index (κ1) is 18.2. The molecule has 6 nitrogen and oxygen atoms in total. The van der Waals surface area contributed by atoms with E-state index in [0.717, 1.165) is 11.1 Å². The van der Waals surface area contributed by atoms with E-state index in [1.807, 2.05) is 24.3 Å². The highest BCUT2D eigenvalue weighted by Crippen LogP contribution is 2.08. The van der Waals surface area contributed by atoms with Crippen molar-refractivity contribution in [1.82, 2.24) is 5.32 Å². The van der Waals surface area contributed by atoms with E-state index < -0.39 is 5.97 Å². The largest absolute Gasteiger partial charge is 0.481 e. The van der Waals surface area contributed by atoms with Crippen LogP contribution in [0.2, 0.25) is 0 Å². The zero-order valence-corrected chi connectivity index (χ0v) is 13.8. The first-order valence-corrected chi connectivity index (χ1v) is 7.98. The molecule has 0 heterocycles. The number of benzene rings is 2. The van der Waals surface area contributed by atoms with Gasteiger partial charge in [-0.1, -0.05) is 36.4 Å². The van der Waals surface area contributed by atoms with E-state index in [1.54, 1.807) is 24.3 Å². The average Bonchev–Trinajstić information content (AvgIpc) is 2.61. The maximum atomic E-state index is 12.1. The van der Waals surface area contributed by atoms with Gasteiger partial charge in [0.05, 0.1) is 0 Å². The summed E-state index contributed by atoms with van der Waals surface area (Å²) in [6, 6.07) is 14.4. The van der Waals surface area contributed by atoms with Crippen LogP contribution in [0.5, 0.6) is 0 Å². The molecule has 0 saturated heterocycles. The Morgan fingerprint density at radius 3 is 2.20 bits per heavy atom. The third kappa shape index (κ3) is 5.76. The fourth-order valence-corrected chi connectivity index (χ4v) is 2.37. The molecule has 5 N–H and O–H groups in total. The fraction of sp³-hybridized carbons (Fsp3) is 0.211. The Labute approximate surface area is 146 Å². The van der Waals surface area contributed by atoms with Crippen molar-refractivity contribution in [3.63, 3.8) is 0 Å². The van der Waals surface area contributed by atoms with E-state index in [-0.39, 0.29) is 18.2 Å². The van der Waals surface area contributed by atoms with Gasteiger partial charge in [0.15, 0.2) is 0 Å². The Balaban J connectivity index is 1.83. The molecule has 2 aromatic carbocycles. The summed E-state index contributed by atoms with van der Waals surface area (Å²) in [7, 11) is 0. The van der Waals surface area contributed by atoms with Gasteiger partial charge in [0.1, 0.15) is 5.84 Å². The van der Waals surface area contributed by atoms with Crippen molar-refractivity contribution >= 4 is 17.7 Å². The van der Waals surface area contributed by atoms with Crippen LogP contribution in [0.4, 0.5) is 0 Å². The van der Waals surface area contributed by atoms with Gasteiger partial charge in [-0.3, -0.25) is 15.0 Å². The van der Waals surface area contributed by atoms with Crippen molar-refractivity contribution in [3.8, 4) is 0 Å². The molecule has 0 atom stereocenters. The second-order valence-corrected chi connectivity index (χ2v) is 5.71. The lowest BCUT2D eigenvalue weighted by Crippen LogP contribution is -2.26. The number of hydrogen-bond acceptors (Lipinski definition) is 3. The first-order valence-electron chi connectivity index (χ1n) is 7.98. The van der Waals surface area contributed by atoms with Gasteiger partial charge in [-0.25, -0.2) is 0 Å². The van der Waals surface area contributed by atoms with Crippen molar-refractivity contribution in [2.75, 3.05) is 6.54 Å². The van der Waals surface area contributed by atoms with Crippen molar-refractivity contribution in [2.24, 2.45) is 5.73 Å². The number of aryl methyl sites for hydroxylation is 1. The van der Waals surface area contributed by atoms with Crippen molar-refractivity contribution in [1.29, 1.82) is 5.41 Å². The Kier molecular flexibility index (Phi) is 6.28. The molecule has 0 spiro atoms. The minimum absolute atomic E-state index is 0.0716. The third-order valence-corrected chi connectivity index (χ3v) is 3.79. The monoisotopic (exact) mass is 339 g/mol. The number of nitrogen functional groups attached to an aromatic ring is 1. The second kappa shape index (κ2) is 8.63. The van der Waals surface area contributed by atoms with Crippen LogP contribution in [-0.4, -0.2) is 29.4 Å². The quantitative estimate of drug-likeness (QED) is 0.434. The summed E-state index contributed by atoms with van der Waals surface area (Å²) in [5, 5.41) is 18.9. The predicted octanol–water partition coefficient (Wildman–Crippen LogP) is 1.96. The smallest absolute Gasteiger partial charge is 0.303 e. The molecule has 0 unspecified atom stereocenters. The molecule has 25 heavy (non-hydrogen) atoms. The number of amides is 1. The molecular formula is C19H21N3O3. The van der Waals surface area contributed by atoms with E-state index in [2.05, 4.69) is 5.32 Å². The van der Waals surface area contributed by atoms with E-state index in [1.165, 1.54) is 0 Å². The number of rotatable bonds is 8. The van der Waals surface area contributed by atoms with Gasteiger partial charge in [0, 0.05) is 24.1 Å². The molecule has 0 bridgehead atoms. The molecule has 0 aliphatic heterocycles. The lowest BCUT2D eigenvalue weighted by molar-refractivity contribution is -0.136. The SMILES string of the molecule is N=C(N)c1cccc(C(=O)NCCc2ccc(CCC(=O)O)cc2)c1. The Morgan fingerprint density at radius 2 is 1.60 bits per heavy atom.